The number of anilines is 1. The first kappa shape index (κ1) is 31.3. The number of hydrogen-bond donors (Lipinski definition) is 2. The first-order valence-corrected chi connectivity index (χ1v) is 14.9. The van der Waals surface area contributed by atoms with Crippen LogP contribution in [0, 0.1) is 0 Å². The SMILES string of the molecule is CSc1ccc(OC(F)F)c(-c2nn(CC(=O)N3CCC(NCC(C)(F)F)CC3)cc2NC(=O)c2cnn3cccnc23)c1. The Morgan fingerprint density at radius 3 is 2.70 bits per heavy atom. The van der Waals surface area contributed by atoms with E-state index < -0.39 is 25.0 Å². The molecule has 1 aliphatic rings. The maximum Gasteiger partial charge on any atom is 0.387 e. The van der Waals surface area contributed by atoms with Gasteiger partial charge < -0.3 is 20.3 Å². The number of likely N-dealkylation sites (tertiary alicyclic amines) is 1. The van der Waals surface area contributed by atoms with Crippen molar-refractivity contribution >= 4 is 34.9 Å². The zero-order valence-electron chi connectivity index (χ0n) is 23.8. The summed E-state index contributed by atoms with van der Waals surface area (Å²) in [4.78, 5) is 33.1. The van der Waals surface area contributed by atoms with Crippen molar-refractivity contribution in [2.45, 2.75) is 49.8 Å². The highest BCUT2D eigenvalue weighted by atomic mass is 32.2. The monoisotopic (exact) mass is 634 g/mol. The fourth-order valence-corrected chi connectivity index (χ4v) is 5.32. The maximum atomic E-state index is 13.4. The Morgan fingerprint density at radius 2 is 2.00 bits per heavy atom. The van der Waals surface area contributed by atoms with Gasteiger partial charge in [-0.25, -0.2) is 18.3 Å². The largest absolute Gasteiger partial charge is 0.434 e. The summed E-state index contributed by atoms with van der Waals surface area (Å²) in [6, 6.07) is 6.16. The van der Waals surface area contributed by atoms with Crippen LogP contribution in [0.2, 0.25) is 0 Å². The van der Waals surface area contributed by atoms with E-state index in [1.165, 1.54) is 45.6 Å². The Labute approximate surface area is 253 Å². The molecular formula is C28H30F4N8O3S. The van der Waals surface area contributed by atoms with Gasteiger partial charge in [0, 0.05) is 55.1 Å². The summed E-state index contributed by atoms with van der Waals surface area (Å²) in [6.45, 7) is -2.17. The molecule has 4 heterocycles. The summed E-state index contributed by atoms with van der Waals surface area (Å²) in [5, 5.41) is 14.3. The summed E-state index contributed by atoms with van der Waals surface area (Å²) in [5.41, 5.74) is 0.932. The van der Waals surface area contributed by atoms with Crippen molar-refractivity contribution < 1.29 is 31.9 Å². The molecule has 2 N–H and O–H groups in total. The number of fused-ring (bicyclic) bond motifs is 1. The van der Waals surface area contributed by atoms with Crippen molar-refractivity contribution in [1.82, 2.24) is 34.6 Å². The second-order valence-corrected chi connectivity index (χ2v) is 11.2. The third kappa shape index (κ3) is 7.48. The van der Waals surface area contributed by atoms with Crippen molar-refractivity contribution in [2.24, 2.45) is 0 Å². The summed E-state index contributed by atoms with van der Waals surface area (Å²) < 4.78 is 60.6. The van der Waals surface area contributed by atoms with E-state index in [2.05, 4.69) is 25.8 Å². The molecule has 5 rings (SSSR count). The first-order valence-electron chi connectivity index (χ1n) is 13.7. The van der Waals surface area contributed by atoms with Gasteiger partial charge in [-0.05, 0) is 43.4 Å². The number of carbonyl (C=O) groups is 2. The fraction of sp³-hybridized carbons (Fsp3) is 0.393. The van der Waals surface area contributed by atoms with Crippen LogP contribution in [0.1, 0.15) is 30.1 Å². The number of thioether (sulfide) groups is 1. The molecule has 3 aromatic heterocycles. The summed E-state index contributed by atoms with van der Waals surface area (Å²) >= 11 is 1.37. The molecule has 44 heavy (non-hydrogen) atoms. The number of nitrogens with one attached hydrogen (secondary N) is 2. The highest BCUT2D eigenvalue weighted by Gasteiger charge is 2.28. The number of piperidine rings is 1. The number of amides is 2. The molecule has 1 aromatic carbocycles. The van der Waals surface area contributed by atoms with Crippen LogP contribution in [0.4, 0.5) is 23.2 Å². The Kier molecular flexibility index (Phi) is 9.39. The number of rotatable bonds is 11. The van der Waals surface area contributed by atoms with Crippen LogP contribution in [0.5, 0.6) is 5.75 Å². The molecule has 2 amide bonds. The van der Waals surface area contributed by atoms with E-state index in [1.54, 1.807) is 29.3 Å². The van der Waals surface area contributed by atoms with Gasteiger partial charge in [-0.2, -0.15) is 19.0 Å². The topological polar surface area (TPSA) is 119 Å². The first-order chi connectivity index (χ1) is 21.0. The highest BCUT2D eigenvalue weighted by Crippen LogP contribution is 2.38. The zero-order chi connectivity index (χ0) is 31.4. The number of nitrogens with zero attached hydrogens (tertiary/aromatic N) is 6. The second-order valence-electron chi connectivity index (χ2n) is 10.3. The van der Waals surface area contributed by atoms with E-state index in [0.29, 0.717) is 31.6 Å². The maximum absolute atomic E-state index is 13.4. The minimum Gasteiger partial charge on any atom is -0.434 e. The summed E-state index contributed by atoms with van der Waals surface area (Å²) in [7, 11) is 0. The van der Waals surface area contributed by atoms with E-state index in [4.69, 9.17) is 4.74 Å². The van der Waals surface area contributed by atoms with Gasteiger partial charge in [-0.3, -0.25) is 14.3 Å². The lowest BCUT2D eigenvalue weighted by Gasteiger charge is -2.33. The molecule has 0 radical (unpaired) electrons. The van der Waals surface area contributed by atoms with Crippen LogP contribution >= 0.6 is 11.8 Å². The van der Waals surface area contributed by atoms with Gasteiger partial charge in [0.05, 0.1) is 18.4 Å². The molecule has 1 aliphatic heterocycles. The molecule has 16 heteroatoms. The minimum atomic E-state index is -3.11. The fourth-order valence-electron chi connectivity index (χ4n) is 4.88. The standard InChI is InChI=1S/C28H30F4N8O3S/c1-28(31,32)16-34-17-6-10-38(11-7-17)23(41)15-39-14-21(36-26(42)20-13-35-40-9-3-8-33-25(20)40)24(37-39)19-12-18(44-2)4-5-22(19)43-27(29)30/h3-5,8-9,12-14,17,27,34H,6-7,10-11,15-16H2,1-2H3,(H,36,42). The van der Waals surface area contributed by atoms with Crippen molar-refractivity contribution in [3.63, 3.8) is 0 Å². The Morgan fingerprint density at radius 1 is 1.23 bits per heavy atom. The zero-order valence-corrected chi connectivity index (χ0v) is 24.7. The van der Waals surface area contributed by atoms with Crippen LogP contribution in [-0.4, -0.2) is 85.6 Å². The Balaban J connectivity index is 1.41. The predicted molar refractivity (Wildman–Crippen MR) is 155 cm³/mol. The van der Waals surface area contributed by atoms with Crippen LogP contribution < -0.4 is 15.4 Å². The van der Waals surface area contributed by atoms with Crippen LogP contribution in [0.25, 0.3) is 16.9 Å². The number of ether oxygens (including phenoxy) is 1. The minimum absolute atomic E-state index is 0.116. The molecule has 0 saturated carbocycles. The molecule has 234 valence electrons. The predicted octanol–water partition coefficient (Wildman–Crippen LogP) is 4.40. The Bertz CT molecular complexity index is 1630. The normalized spacial score (nSPS) is 14.4. The highest BCUT2D eigenvalue weighted by molar-refractivity contribution is 7.98. The van der Waals surface area contributed by atoms with Gasteiger partial charge in [-0.15, -0.1) is 11.8 Å². The van der Waals surface area contributed by atoms with E-state index in [-0.39, 0.29) is 46.8 Å². The second kappa shape index (κ2) is 13.2. The number of benzene rings is 1. The van der Waals surface area contributed by atoms with Crippen LogP contribution in [0.3, 0.4) is 0 Å². The van der Waals surface area contributed by atoms with Crippen molar-refractivity contribution in [1.29, 1.82) is 0 Å². The quantitative estimate of drug-likeness (QED) is 0.184. The van der Waals surface area contributed by atoms with E-state index in [9.17, 15) is 27.2 Å². The van der Waals surface area contributed by atoms with Crippen LogP contribution in [0.15, 0.2) is 53.9 Å². The van der Waals surface area contributed by atoms with E-state index >= 15 is 0 Å². The van der Waals surface area contributed by atoms with Gasteiger partial charge in [-0.1, -0.05) is 0 Å². The third-order valence-electron chi connectivity index (χ3n) is 7.04. The third-order valence-corrected chi connectivity index (χ3v) is 7.76. The van der Waals surface area contributed by atoms with Crippen molar-refractivity contribution in [3.8, 4) is 17.0 Å². The lowest BCUT2D eigenvalue weighted by atomic mass is 10.0. The summed E-state index contributed by atoms with van der Waals surface area (Å²) in [6.07, 6.45) is 8.78. The van der Waals surface area contributed by atoms with Gasteiger partial charge in [0.2, 0.25) is 5.91 Å². The summed E-state index contributed by atoms with van der Waals surface area (Å²) in [5.74, 6) is -3.83. The molecule has 0 atom stereocenters. The van der Waals surface area contributed by atoms with Gasteiger partial charge in [0.15, 0.2) is 5.65 Å². The van der Waals surface area contributed by atoms with Crippen molar-refractivity contribution in [2.75, 3.05) is 31.2 Å². The molecule has 0 aliphatic carbocycles. The number of carbonyl (C=O) groups excluding carboxylic acids is 2. The molecule has 1 saturated heterocycles. The van der Waals surface area contributed by atoms with Crippen molar-refractivity contribution in [3.05, 3.63) is 54.6 Å². The molecular weight excluding hydrogens is 604 g/mol. The number of aromatic nitrogens is 5. The van der Waals surface area contributed by atoms with Gasteiger partial charge in [0.1, 0.15) is 23.6 Å². The molecule has 0 bridgehead atoms. The van der Waals surface area contributed by atoms with Crippen LogP contribution in [-0.2, 0) is 11.3 Å². The number of hydrogen-bond acceptors (Lipinski definition) is 8. The number of halogens is 4. The lowest BCUT2D eigenvalue weighted by molar-refractivity contribution is -0.133. The van der Waals surface area contributed by atoms with E-state index in [0.717, 1.165) is 11.8 Å². The van der Waals surface area contributed by atoms with Gasteiger partial charge >= 0.3 is 6.61 Å². The Hall–Kier alpha value is -4.18. The molecule has 1 fully saturated rings. The number of alkyl halides is 4. The average molecular weight is 635 g/mol. The molecule has 0 unspecified atom stereocenters. The molecule has 0 spiro atoms. The van der Waals surface area contributed by atoms with E-state index in [1.807, 2.05) is 6.26 Å². The average Bonchev–Trinajstić information content (AvgIpc) is 3.60. The lowest BCUT2D eigenvalue weighted by Crippen LogP contribution is -2.47. The molecule has 4 aromatic rings. The smallest absolute Gasteiger partial charge is 0.387 e. The van der Waals surface area contributed by atoms with Gasteiger partial charge in [0.25, 0.3) is 11.8 Å². The molecule has 11 nitrogen and oxygen atoms in total.